The van der Waals surface area contributed by atoms with Crippen molar-refractivity contribution in [2.45, 2.75) is 236 Å². The Morgan fingerprint density at radius 2 is 0.868 bits per heavy atom. The zero-order chi connectivity index (χ0) is 49.8. The molecule has 0 saturated heterocycles. The average molecular weight is 979 g/mol. The molecule has 0 bridgehead atoms. The molecular weight excluding hydrogens is 884 g/mol. The third kappa shape index (κ3) is 35.6. The molecule has 1 rings (SSSR count). The number of ether oxygens (including phenoxy) is 2. The van der Waals surface area contributed by atoms with Crippen LogP contribution in [0.4, 0.5) is 0 Å². The quantitative estimate of drug-likeness (QED) is 0.0147. The second-order valence-electron chi connectivity index (χ2n) is 18.0. The standard InChI is InChI=1S/C55H95O12P/c1-3-5-7-9-11-13-15-17-19-21-23-24-25-27-29-31-33-35-37-39-41-43-45-64-46-48(47-65-68(62,63)67-55-53(60)51(58)50(57)52(59)54(55)61)66-49(56)44-42-40-38-36-34-32-30-28-26-22-20-18-16-14-12-10-8-6-4-2/h5,7,11-14,17-20,23-24,26,28,48,50-55,57-61H,3-4,6,8-10,15-16,21-22,25,27,29-47H2,1-2H3,(H,62,63)/b7-5-,13-11-,14-12-,19-17-,20-18-,24-23-,28-26-. The number of unbranched alkanes of at least 4 members (excludes halogenated alkanes) is 18. The van der Waals surface area contributed by atoms with Crippen LogP contribution in [0.5, 0.6) is 0 Å². The van der Waals surface area contributed by atoms with E-state index in [1.165, 1.54) is 57.8 Å². The molecule has 1 aliphatic rings. The van der Waals surface area contributed by atoms with Gasteiger partial charge in [0.2, 0.25) is 0 Å². The summed E-state index contributed by atoms with van der Waals surface area (Å²) in [7, 11) is -5.04. The number of allylic oxidation sites excluding steroid dienone is 14. The largest absolute Gasteiger partial charge is 0.472 e. The number of phosphoric acid groups is 1. The van der Waals surface area contributed by atoms with Gasteiger partial charge >= 0.3 is 13.8 Å². The SMILES string of the molecule is CC/C=C\C/C=C\C/C=C\C/C=C\CCCCCCCCCCCOCC(COP(=O)(O)OC1C(O)C(O)C(O)C(O)C1O)OC(=O)CCCCCCCC/C=C\C/C=C\C/C=C\CCCCC. The van der Waals surface area contributed by atoms with Gasteiger partial charge in [0.15, 0.2) is 0 Å². The lowest BCUT2D eigenvalue weighted by Crippen LogP contribution is -2.64. The molecule has 0 aromatic rings. The van der Waals surface area contributed by atoms with E-state index < -0.39 is 63.1 Å². The number of esters is 1. The molecule has 0 aliphatic heterocycles. The number of hydrogen-bond donors (Lipinski definition) is 6. The van der Waals surface area contributed by atoms with Gasteiger partial charge in [0, 0.05) is 13.0 Å². The molecule has 392 valence electrons. The van der Waals surface area contributed by atoms with Crippen LogP contribution < -0.4 is 0 Å². The van der Waals surface area contributed by atoms with Crippen LogP contribution in [-0.4, -0.2) is 98.9 Å². The van der Waals surface area contributed by atoms with Gasteiger partial charge in [0.25, 0.3) is 0 Å². The van der Waals surface area contributed by atoms with Gasteiger partial charge in [-0.1, -0.05) is 182 Å². The molecule has 6 atom stereocenters. The van der Waals surface area contributed by atoms with Crippen molar-refractivity contribution in [3.63, 3.8) is 0 Å². The van der Waals surface area contributed by atoms with Gasteiger partial charge in [-0.2, -0.15) is 0 Å². The van der Waals surface area contributed by atoms with Crippen LogP contribution in [-0.2, 0) is 27.9 Å². The van der Waals surface area contributed by atoms with Gasteiger partial charge in [0.05, 0.1) is 13.2 Å². The lowest BCUT2D eigenvalue weighted by atomic mass is 9.85. The maximum absolute atomic E-state index is 12.9. The molecular formula is C55H95O12P. The van der Waals surface area contributed by atoms with Crippen molar-refractivity contribution in [3.05, 3.63) is 85.1 Å². The Hall–Kier alpha value is -2.48. The predicted molar refractivity (Wildman–Crippen MR) is 276 cm³/mol. The van der Waals surface area contributed by atoms with Crippen LogP contribution in [0.3, 0.4) is 0 Å². The van der Waals surface area contributed by atoms with Crippen LogP contribution in [0.25, 0.3) is 0 Å². The van der Waals surface area contributed by atoms with E-state index in [1.54, 1.807) is 0 Å². The molecule has 13 heteroatoms. The predicted octanol–water partition coefficient (Wildman–Crippen LogP) is 12.1. The lowest BCUT2D eigenvalue weighted by molar-refractivity contribution is -0.220. The van der Waals surface area contributed by atoms with Crippen LogP contribution in [0.2, 0.25) is 0 Å². The minimum absolute atomic E-state index is 0.0910. The molecule has 1 saturated carbocycles. The molecule has 6 N–H and O–H groups in total. The molecule has 6 unspecified atom stereocenters. The number of hydrogen-bond acceptors (Lipinski definition) is 11. The fourth-order valence-electron chi connectivity index (χ4n) is 7.59. The summed E-state index contributed by atoms with van der Waals surface area (Å²) in [5, 5.41) is 50.3. The smallest absolute Gasteiger partial charge is 0.457 e. The molecule has 0 aromatic carbocycles. The van der Waals surface area contributed by atoms with E-state index in [0.717, 1.165) is 109 Å². The van der Waals surface area contributed by atoms with Gasteiger partial charge in [-0.15, -0.1) is 0 Å². The van der Waals surface area contributed by atoms with Gasteiger partial charge in [-0.05, 0) is 89.9 Å². The second kappa shape index (κ2) is 44.5. The first kappa shape index (κ1) is 63.5. The molecule has 68 heavy (non-hydrogen) atoms. The summed E-state index contributed by atoms with van der Waals surface area (Å²) in [6.07, 6.45) is 47.8. The van der Waals surface area contributed by atoms with Crippen molar-refractivity contribution in [2.24, 2.45) is 0 Å². The maximum atomic E-state index is 12.9. The lowest BCUT2D eigenvalue weighted by Gasteiger charge is -2.41. The van der Waals surface area contributed by atoms with Gasteiger partial charge < -0.3 is 39.9 Å². The van der Waals surface area contributed by atoms with Gasteiger partial charge in [-0.3, -0.25) is 13.8 Å². The highest BCUT2D eigenvalue weighted by Crippen LogP contribution is 2.47. The zero-order valence-corrected chi connectivity index (χ0v) is 43.0. The fraction of sp³-hybridized carbons (Fsp3) is 0.727. The summed E-state index contributed by atoms with van der Waals surface area (Å²) in [5.41, 5.74) is 0. The molecule has 0 radical (unpaired) electrons. The van der Waals surface area contributed by atoms with E-state index in [-0.39, 0.29) is 13.0 Å². The summed E-state index contributed by atoms with van der Waals surface area (Å²) >= 11 is 0. The maximum Gasteiger partial charge on any atom is 0.472 e. The third-order valence-corrected chi connectivity index (χ3v) is 12.7. The van der Waals surface area contributed by atoms with Crippen LogP contribution in [0, 0.1) is 0 Å². The highest BCUT2D eigenvalue weighted by Gasteiger charge is 2.51. The highest BCUT2D eigenvalue weighted by molar-refractivity contribution is 7.47. The first-order valence-corrected chi connectivity index (χ1v) is 27.9. The Balaban J connectivity index is 2.35. The summed E-state index contributed by atoms with van der Waals surface area (Å²) < 4.78 is 34.3. The van der Waals surface area contributed by atoms with Crippen molar-refractivity contribution >= 4 is 13.8 Å². The van der Waals surface area contributed by atoms with Crippen molar-refractivity contribution in [3.8, 4) is 0 Å². The number of phosphoric ester groups is 1. The molecule has 1 fully saturated rings. The molecule has 12 nitrogen and oxygen atoms in total. The topological polar surface area (TPSA) is 192 Å². The summed E-state index contributed by atoms with van der Waals surface area (Å²) in [4.78, 5) is 23.3. The molecule has 1 aliphatic carbocycles. The van der Waals surface area contributed by atoms with Crippen LogP contribution >= 0.6 is 7.82 Å². The van der Waals surface area contributed by atoms with E-state index in [4.69, 9.17) is 18.5 Å². The second-order valence-corrected chi connectivity index (χ2v) is 19.4. The van der Waals surface area contributed by atoms with E-state index in [0.29, 0.717) is 13.0 Å². The van der Waals surface area contributed by atoms with E-state index in [2.05, 4.69) is 98.9 Å². The number of rotatable bonds is 44. The Labute approximate surface area is 412 Å². The first-order chi connectivity index (χ1) is 33.0. The molecule has 0 aromatic heterocycles. The molecule has 0 amide bonds. The first-order valence-electron chi connectivity index (χ1n) is 26.4. The van der Waals surface area contributed by atoms with Gasteiger partial charge in [0.1, 0.15) is 42.7 Å². The Kier molecular flexibility index (Phi) is 41.5. The monoisotopic (exact) mass is 979 g/mol. The van der Waals surface area contributed by atoms with Crippen molar-refractivity contribution < 1.29 is 58.3 Å². The minimum Gasteiger partial charge on any atom is -0.457 e. The Morgan fingerprint density at radius 1 is 0.485 bits per heavy atom. The molecule has 0 spiro atoms. The van der Waals surface area contributed by atoms with Crippen molar-refractivity contribution in [2.75, 3.05) is 19.8 Å². The summed E-state index contributed by atoms with van der Waals surface area (Å²) in [6, 6.07) is 0. The van der Waals surface area contributed by atoms with E-state index >= 15 is 0 Å². The van der Waals surface area contributed by atoms with Crippen LogP contribution in [0.15, 0.2) is 85.1 Å². The average Bonchev–Trinajstić information content (AvgIpc) is 3.32. The zero-order valence-electron chi connectivity index (χ0n) is 42.1. The van der Waals surface area contributed by atoms with Crippen LogP contribution in [0.1, 0.15) is 194 Å². The molecule has 0 heterocycles. The Morgan fingerprint density at radius 3 is 1.32 bits per heavy atom. The van der Waals surface area contributed by atoms with E-state index in [1.807, 2.05) is 0 Å². The fourth-order valence-corrected chi connectivity index (χ4v) is 8.56. The number of aliphatic hydroxyl groups is 5. The Bertz CT molecular complexity index is 1440. The normalized spacial score (nSPS) is 21.8. The number of carbonyl (C=O) groups excluding carboxylic acids is 1. The highest BCUT2D eigenvalue weighted by atomic mass is 31.2. The minimum atomic E-state index is -5.04. The summed E-state index contributed by atoms with van der Waals surface area (Å²) in [5.74, 6) is -0.494. The van der Waals surface area contributed by atoms with E-state index in [9.17, 15) is 39.8 Å². The van der Waals surface area contributed by atoms with Crippen molar-refractivity contribution in [1.82, 2.24) is 0 Å². The van der Waals surface area contributed by atoms with Crippen molar-refractivity contribution in [1.29, 1.82) is 0 Å². The van der Waals surface area contributed by atoms with Gasteiger partial charge in [-0.25, -0.2) is 4.57 Å². The number of carbonyl (C=O) groups is 1. The third-order valence-electron chi connectivity index (χ3n) is 11.8. The summed E-state index contributed by atoms with van der Waals surface area (Å²) in [6.45, 7) is 4.10. The number of aliphatic hydroxyl groups excluding tert-OH is 5.